The first-order chi connectivity index (χ1) is 11.3. The van der Waals surface area contributed by atoms with Crippen molar-refractivity contribution in [2.75, 3.05) is 6.61 Å². The van der Waals surface area contributed by atoms with E-state index in [-0.39, 0.29) is 0 Å². The van der Waals surface area contributed by atoms with E-state index in [9.17, 15) is 9.90 Å². The largest absolute Gasteiger partial charge is 0.444 e. The van der Waals surface area contributed by atoms with E-state index >= 15 is 0 Å². The maximum absolute atomic E-state index is 12.9. The fourth-order valence-corrected chi connectivity index (χ4v) is 3.72. The minimum absolute atomic E-state index is 0.329. The zero-order valence-corrected chi connectivity index (χ0v) is 14.7. The monoisotopic (exact) mass is 333 g/mol. The second-order valence-corrected chi connectivity index (χ2v) is 7.74. The first-order valence-electron chi connectivity index (χ1n) is 8.72. The second kappa shape index (κ2) is 6.37. The Kier molecular flexibility index (Phi) is 4.58. The number of ether oxygens (including phenoxy) is 2. The summed E-state index contributed by atoms with van der Waals surface area (Å²) >= 11 is 0. The summed E-state index contributed by atoms with van der Waals surface area (Å²) in [7, 11) is 0. The van der Waals surface area contributed by atoms with Crippen molar-refractivity contribution < 1.29 is 19.4 Å². The molecule has 1 aromatic carbocycles. The first kappa shape index (κ1) is 17.2. The summed E-state index contributed by atoms with van der Waals surface area (Å²) in [6.45, 7) is 5.89. The molecule has 0 bridgehead atoms. The van der Waals surface area contributed by atoms with Gasteiger partial charge in [0.15, 0.2) is 0 Å². The van der Waals surface area contributed by atoms with Gasteiger partial charge < -0.3 is 14.6 Å². The van der Waals surface area contributed by atoms with Crippen molar-refractivity contribution in [3.05, 3.63) is 35.9 Å². The van der Waals surface area contributed by atoms with Crippen molar-refractivity contribution in [3.63, 3.8) is 0 Å². The number of aliphatic hydroxyl groups is 1. The number of hydrogen-bond donors (Lipinski definition) is 1. The van der Waals surface area contributed by atoms with E-state index in [4.69, 9.17) is 9.47 Å². The predicted molar refractivity (Wildman–Crippen MR) is 90.4 cm³/mol. The lowest BCUT2D eigenvalue weighted by molar-refractivity contribution is -0.0869. The van der Waals surface area contributed by atoms with Crippen LogP contribution in [0.1, 0.15) is 58.1 Å². The smallest absolute Gasteiger partial charge is 0.413 e. The minimum atomic E-state index is -0.793. The molecule has 1 aliphatic carbocycles. The summed E-state index contributed by atoms with van der Waals surface area (Å²) in [4.78, 5) is 14.6. The normalized spacial score (nSPS) is 24.3. The molecule has 1 saturated carbocycles. The van der Waals surface area contributed by atoms with Crippen LogP contribution in [0, 0.1) is 0 Å². The Morgan fingerprint density at radius 1 is 1.29 bits per heavy atom. The molecule has 132 valence electrons. The van der Waals surface area contributed by atoms with Crippen LogP contribution >= 0.6 is 0 Å². The summed E-state index contributed by atoms with van der Waals surface area (Å²) in [6.07, 6.45) is 2.44. The van der Waals surface area contributed by atoms with E-state index in [0.29, 0.717) is 6.61 Å². The van der Waals surface area contributed by atoms with Gasteiger partial charge in [-0.15, -0.1) is 0 Å². The van der Waals surface area contributed by atoms with Crippen molar-refractivity contribution in [2.45, 2.75) is 69.9 Å². The minimum Gasteiger partial charge on any atom is -0.444 e. The highest BCUT2D eigenvalue weighted by molar-refractivity contribution is 5.70. The summed E-state index contributed by atoms with van der Waals surface area (Å²) in [5.41, 5.74) is -0.417. The van der Waals surface area contributed by atoms with Gasteiger partial charge in [-0.25, -0.2) is 4.79 Å². The summed E-state index contributed by atoms with van der Waals surface area (Å²) in [5.74, 6) is 0. The average molecular weight is 333 g/mol. The lowest BCUT2D eigenvalue weighted by Crippen LogP contribution is -2.53. The molecule has 2 aliphatic rings. The third-order valence-corrected chi connectivity index (χ3v) is 4.77. The number of hydrogen-bond acceptors (Lipinski definition) is 4. The summed E-state index contributed by atoms with van der Waals surface area (Å²) < 4.78 is 11.7. The molecule has 0 aromatic heterocycles. The topological polar surface area (TPSA) is 59.0 Å². The number of amides is 1. The lowest BCUT2D eigenvalue weighted by atomic mass is 10.0. The molecule has 1 amide bonds. The van der Waals surface area contributed by atoms with Crippen LogP contribution in [-0.4, -0.2) is 40.1 Å². The molecule has 5 nitrogen and oxygen atoms in total. The molecule has 0 unspecified atom stereocenters. The molecule has 1 aliphatic heterocycles. The van der Waals surface area contributed by atoms with Crippen molar-refractivity contribution in [2.24, 2.45) is 0 Å². The summed E-state index contributed by atoms with van der Waals surface area (Å²) in [5, 5.41) is 10.9. The Morgan fingerprint density at radius 2 is 1.92 bits per heavy atom. The van der Waals surface area contributed by atoms with Gasteiger partial charge in [0.2, 0.25) is 0 Å². The van der Waals surface area contributed by atoms with Crippen LogP contribution in [0.3, 0.4) is 0 Å². The number of benzene rings is 1. The molecule has 1 aromatic rings. The Balaban J connectivity index is 1.89. The van der Waals surface area contributed by atoms with E-state index in [1.807, 2.05) is 51.1 Å². The zero-order valence-electron chi connectivity index (χ0n) is 14.7. The Labute approximate surface area is 143 Å². The second-order valence-electron chi connectivity index (χ2n) is 7.74. The van der Waals surface area contributed by atoms with Crippen molar-refractivity contribution in [3.8, 4) is 0 Å². The van der Waals surface area contributed by atoms with Gasteiger partial charge in [-0.05, 0) is 52.0 Å². The van der Waals surface area contributed by atoms with Gasteiger partial charge in [-0.1, -0.05) is 30.3 Å². The van der Waals surface area contributed by atoms with E-state index < -0.39 is 29.6 Å². The van der Waals surface area contributed by atoms with Gasteiger partial charge in [-0.2, -0.15) is 0 Å². The van der Waals surface area contributed by atoms with Crippen LogP contribution in [0.2, 0.25) is 0 Å². The lowest BCUT2D eigenvalue weighted by Gasteiger charge is -2.38. The van der Waals surface area contributed by atoms with Crippen LogP contribution in [0.4, 0.5) is 4.79 Å². The molecule has 1 spiro atoms. The van der Waals surface area contributed by atoms with Crippen LogP contribution in [0.25, 0.3) is 0 Å². The molecular weight excluding hydrogens is 306 g/mol. The van der Waals surface area contributed by atoms with Gasteiger partial charge in [0.1, 0.15) is 17.4 Å². The maximum Gasteiger partial charge on any atom is 0.413 e. The molecule has 24 heavy (non-hydrogen) atoms. The van der Waals surface area contributed by atoms with E-state index in [0.717, 1.165) is 31.2 Å². The molecule has 1 N–H and O–H groups in total. The third kappa shape index (κ3) is 3.28. The van der Waals surface area contributed by atoms with Crippen LogP contribution in [-0.2, 0) is 9.47 Å². The Bertz CT molecular complexity index is 575. The fourth-order valence-electron chi connectivity index (χ4n) is 3.72. The maximum atomic E-state index is 12.9. The molecule has 1 saturated heterocycles. The molecule has 2 fully saturated rings. The van der Waals surface area contributed by atoms with Crippen molar-refractivity contribution in [1.29, 1.82) is 0 Å². The highest BCUT2D eigenvalue weighted by atomic mass is 16.6. The van der Waals surface area contributed by atoms with Gasteiger partial charge in [0.25, 0.3) is 0 Å². The highest BCUT2D eigenvalue weighted by Crippen LogP contribution is 2.45. The molecule has 5 heteroatoms. The number of nitrogens with zero attached hydrogens (tertiary/aromatic N) is 1. The van der Waals surface area contributed by atoms with Crippen LogP contribution in [0.5, 0.6) is 0 Å². The number of carbonyl (C=O) groups excluding carboxylic acids is 1. The zero-order chi connectivity index (χ0) is 17.4. The molecule has 0 radical (unpaired) electrons. The van der Waals surface area contributed by atoms with Crippen LogP contribution < -0.4 is 0 Å². The SMILES string of the molecule is CC(C)(C)OC(=O)N1[C@@H]([C@@H](O)c2ccccc2)COC12CCCC2. The van der Waals surface area contributed by atoms with Gasteiger partial charge in [0.05, 0.1) is 12.6 Å². The highest BCUT2D eigenvalue weighted by Gasteiger charge is 2.54. The van der Waals surface area contributed by atoms with Crippen LogP contribution in [0.15, 0.2) is 30.3 Å². The molecule has 2 atom stereocenters. The van der Waals surface area contributed by atoms with E-state index in [2.05, 4.69) is 0 Å². The van der Waals surface area contributed by atoms with Crippen molar-refractivity contribution >= 4 is 6.09 Å². The standard InChI is InChI=1S/C19H27NO4/c1-18(2,3)24-17(22)20-15(13-23-19(20)11-7-8-12-19)16(21)14-9-5-4-6-10-14/h4-6,9-10,15-16,21H,7-8,11-13H2,1-3H3/t15-,16+/m1/s1. The third-order valence-electron chi connectivity index (χ3n) is 4.77. The number of carbonyl (C=O) groups is 1. The first-order valence-corrected chi connectivity index (χ1v) is 8.72. The van der Waals surface area contributed by atoms with E-state index in [1.54, 1.807) is 4.90 Å². The Hall–Kier alpha value is -1.59. The van der Waals surface area contributed by atoms with E-state index in [1.165, 1.54) is 0 Å². The average Bonchev–Trinajstić information content (AvgIpc) is 3.14. The molecule has 3 rings (SSSR count). The predicted octanol–water partition coefficient (Wildman–Crippen LogP) is 3.63. The van der Waals surface area contributed by atoms with Gasteiger partial charge in [0, 0.05) is 0 Å². The van der Waals surface area contributed by atoms with Gasteiger partial charge in [-0.3, -0.25) is 4.90 Å². The van der Waals surface area contributed by atoms with Gasteiger partial charge >= 0.3 is 6.09 Å². The Morgan fingerprint density at radius 3 is 2.50 bits per heavy atom. The van der Waals surface area contributed by atoms with Crippen molar-refractivity contribution in [1.82, 2.24) is 4.90 Å². The molecule has 1 heterocycles. The summed E-state index contributed by atoms with van der Waals surface area (Å²) in [6, 6.07) is 9.00. The number of rotatable bonds is 2. The quantitative estimate of drug-likeness (QED) is 0.898. The molecular formula is C19H27NO4. The fraction of sp³-hybridized carbons (Fsp3) is 0.632. The number of aliphatic hydroxyl groups excluding tert-OH is 1.